The Morgan fingerprint density at radius 1 is 1.06 bits per heavy atom. The van der Waals surface area contributed by atoms with Crippen molar-refractivity contribution in [3.8, 4) is 11.8 Å². The Labute approximate surface area is 209 Å². The van der Waals surface area contributed by atoms with Crippen LogP contribution in [0.5, 0.6) is 0 Å². The Morgan fingerprint density at radius 2 is 1.77 bits per heavy atom. The summed E-state index contributed by atoms with van der Waals surface area (Å²) in [7, 11) is 0. The van der Waals surface area contributed by atoms with Crippen molar-refractivity contribution < 1.29 is 4.79 Å². The lowest BCUT2D eigenvalue weighted by molar-refractivity contribution is -0.126. The number of carbonyl (C=O) groups excluding carboxylic acids is 1. The summed E-state index contributed by atoms with van der Waals surface area (Å²) in [4.78, 5) is 31.2. The van der Waals surface area contributed by atoms with Crippen LogP contribution in [0, 0.1) is 32.1 Å². The number of nitrogens with zero attached hydrogens (tertiary/aromatic N) is 4. The maximum absolute atomic E-state index is 13.7. The minimum atomic E-state index is -0.315. The van der Waals surface area contributed by atoms with Crippen LogP contribution >= 0.6 is 11.3 Å². The van der Waals surface area contributed by atoms with Gasteiger partial charge in [-0.2, -0.15) is 5.26 Å². The predicted molar refractivity (Wildman–Crippen MR) is 141 cm³/mol. The number of likely N-dealkylation sites (N-methyl/N-ethyl adjacent to an activating group) is 1. The molecule has 1 aliphatic heterocycles. The van der Waals surface area contributed by atoms with Crippen LogP contribution in [-0.2, 0) is 4.79 Å². The van der Waals surface area contributed by atoms with Crippen molar-refractivity contribution in [2.24, 2.45) is 0 Å². The first-order chi connectivity index (χ1) is 16.8. The summed E-state index contributed by atoms with van der Waals surface area (Å²) in [6, 6.07) is 15.8. The van der Waals surface area contributed by atoms with E-state index in [2.05, 4.69) is 24.0 Å². The van der Waals surface area contributed by atoms with Gasteiger partial charge < -0.3 is 9.80 Å². The topological polar surface area (TPSA) is 69.3 Å². The number of aromatic nitrogens is 1. The van der Waals surface area contributed by atoms with E-state index in [-0.39, 0.29) is 17.0 Å². The molecule has 1 saturated heterocycles. The van der Waals surface area contributed by atoms with Crippen LogP contribution in [0.15, 0.2) is 47.3 Å². The average molecular weight is 487 g/mol. The van der Waals surface area contributed by atoms with Crippen molar-refractivity contribution in [1.82, 2.24) is 14.4 Å². The van der Waals surface area contributed by atoms with Gasteiger partial charge in [0.2, 0.25) is 0 Å². The zero-order chi connectivity index (χ0) is 25.1. The molecule has 0 spiro atoms. The van der Waals surface area contributed by atoms with E-state index in [4.69, 9.17) is 0 Å². The normalized spacial score (nSPS) is 15.7. The minimum Gasteiger partial charge on any atom is -0.335 e. The van der Waals surface area contributed by atoms with Crippen LogP contribution in [-0.4, -0.2) is 53.0 Å². The summed E-state index contributed by atoms with van der Waals surface area (Å²) >= 11 is 1.20. The van der Waals surface area contributed by atoms with Crippen LogP contribution in [0.25, 0.3) is 17.3 Å². The standard InChI is InChI=1S/C28H30N4O2S/c1-5-30-12-14-31(15-13-30)26(33)23(18-29)28-32(24-9-7-6-8-20(24)3)27(34)25(35-28)17-22-11-10-19(2)16-21(22)4/h6-11,16-17H,5,12-15H2,1-4H3/b25-17-,28-23+. The summed E-state index contributed by atoms with van der Waals surface area (Å²) in [6.07, 6.45) is 1.86. The van der Waals surface area contributed by atoms with E-state index < -0.39 is 0 Å². The number of amides is 1. The number of nitriles is 1. The molecule has 7 heteroatoms. The highest BCUT2D eigenvalue weighted by atomic mass is 32.1. The highest BCUT2D eigenvalue weighted by Crippen LogP contribution is 2.13. The second-order valence-corrected chi connectivity index (χ2v) is 9.95. The van der Waals surface area contributed by atoms with Gasteiger partial charge in [-0.15, -0.1) is 11.3 Å². The number of piperazine rings is 1. The lowest BCUT2D eigenvalue weighted by atomic mass is 10.1. The Hall–Kier alpha value is -3.47. The molecule has 1 aromatic heterocycles. The quantitative estimate of drug-likeness (QED) is 0.568. The van der Waals surface area contributed by atoms with E-state index >= 15 is 0 Å². The summed E-state index contributed by atoms with van der Waals surface area (Å²) in [5.41, 5.74) is 4.52. The summed E-state index contributed by atoms with van der Waals surface area (Å²) in [6.45, 7) is 11.7. The third-order valence-corrected chi connectivity index (χ3v) is 7.63. The van der Waals surface area contributed by atoms with E-state index in [1.165, 1.54) is 15.9 Å². The second-order valence-electron chi connectivity index (χ2n) is 8.92. The molecule has 0 saturated carbocycles. The third-order valence-electron chi connectivity index (χ3n) is 6.54. The van der Waals surface area contributed by atoms with Crippen LogP contribution < -0.4 is 14.8 Å². The fourth-order valence-corrected chi connectivity index (χ4v) is 5.50. The fourth-order valence-electron chi connectivity index (χ4n) is 4.42. The number of thiazole rings is 1. The van der Waals surface area contributed by atoms with Gasteiger partial charge in [-0.3, -0.25) is 14.2 Å². The molecule has 0 bridgehead atoms. The molecule has 3 aromatic rings. The molecular weight excluding hydrogens is 456 g/mol. The average Bonchev–Trinajstić information content (AvgIpc) is 3.17. The number of rotatable bonds is 4. The summed E-state index contributed by atoms with van der Waals surface area (Å²) < 4.78 is 2.41. The Kier molecular flexibility index (Phi) is 7.34. The van der Waals surface area contributed by atoms with Crippen molar-refractivity contribution in [3.05, 3.63) is 84.3 Å². The number of hydrogen-bond donors (Lipinski definition) is 0. The van der Waals surface area contributed by atoms with E-state index in [9.17, 15) is 14.9 Å². The number of para-hydroxylation sites is 1. The molecule has 2 heterocycles. The van der Waals surface area contributed by atoms with Crippen LogP contribution in [0.3, 0.4) is 0 Å². The summed E-state index contributed by atoms with van der Waals surface area (Å²) in [5, 5.41) is 10.1. The van der Waals surface area contributed by atoms with E-state index in [1.807, 2.05) is 63.2 Å². The van der Waals surface area contributed by atoms with Gasteiger partial charge in [0.05, 0.1) is 10.2 Å². The fraction of sp³-hybridized carbons (Fsp3) is 0.321. The third kappa shape index (κ3) is 5.00. The zero-order valence-corrected chi connectivity index (χ0v) is 21.5. The molecule has 0 radical (unpaired) electrons. The van der Waals surface area contributed by atoms with Crippen molar-refractivity contribution in [2.75, 3.05) is 32.7 Å². The lowest BCUT2D eigenvalue weighted by Crippen LogP contribution is -2.49. The molecule has 0 aliphatic carbocycles. The van der Waals surface area contributed by atoms with Crippen molar-refractivity contribution >= 4 is 28.9 Å². The maximum Gasteiger partial charge on any atom is 0.273 e. The van der Waals surface area contributed by atoms with Gasteiger partial charge >= 0.3 is 0 Å². The molecule has 1 amide bonds. The van der Waals surface area contributed by atoms with Crippen LogP contribution in [0.1, 0.15) is 29.2 Å². The number of benzene rings is 2. The first-order valence-corrected chi connectivity index (χ1v) is 12.7. The van der Waals surface area contributed by atoms with Gasteiger partial charge in [-0.05, 0) is 56.1 Å². The monoisotopic (exact) mass is 486 g/mol. The van der Waals surface area contributed by atoms with Gasteiger partial charge in [0.1, 0.15) is 10.7 Å². The maximum atomic E-state index is 13.7. The second kappa shape index (κ2) is 10.4. The number of carbonyl (C=O) groups is 1. The minimum absolute atomic E-state index is 0.0144. The van der Waals surface area contributed by atoms with Gasteiger partial charge in [0.15, 0.2) is 5.57 Å². The van der Waals surface area contributed by atoms with Gasteiger partial charge in [0, 0.05) is 26.2 Å². The molecule has 2 aromatic carbocycles. The highest BCUT2D eigenvalue weighted by Gasteiger charge is 2.25. The van der Waals surface area contributed by atoms with Gasteiger partial charge in [-0.25, -0.2) is 0 Å². The van der Waals surface area contributed by atoms with E-state index in [0.29, 0.717) is 28.0 Å². The molecule has 0 atom stereocenters. The molecule has 1 fully saturated rings. The molecule has 1 aliphatic rings. The molecule has 6 nitrogen and oxygen atoms in total. The summed E-state index contributed by atoms with van der Waals surface area (Å²) in [5.74, 6) is -0.315. The number of hydrogen-bond acceptors (Lipinski definition) is 5. The zero-order valence-electron chi connectivity index (χ0n) is 20.7. The molecular formula is C28H30N4O2S. The Bertz CT molecular complexity index is 1480. The van der Waals surface area contributed by atoms with E-state index in [0.717, 1.165) is 41.9 Å². The first-order valence-electron chi connectivity index (χ1n) is 11.9. The first kappa shape index (κ1) is 24.6. The van der Waals surface area contributed by atoms with E-state index in [1.54, 1.807) is 4.90 Å². The highest BCUT2D eigenvalue weighted by molar-refractivity contribution is 7.07. The Balaban J connectivity index is 1.95. The van der Waals surface area contributed by atoms with Crippen LogP contribution in [0.4, 0.5) is 0 Å². The van der Waals surface area contributed by atoms with Crippen LogP contribution in [0.2, 0.25) is 0 Å². The number of aryl methyl sites for hydroxylation is 3. The predicted octanol–water partition coefficient (Wildman–Crippen LogP) is 2.49. The molecule has 4 rings (SSSR count). The largest absolute Gasteiger partial charge is 0.335 e. The SMILES string of the molecule is CCN1CCN(C(=O)/C(C#N)=c2/s/c(=C\c3ccc(C)cc3C)c(=O)n2-c2ccccc2C)CC1. The van der Waals surface area contributed by atoms with Crippen molar-refractivity contribution in [3.63, 3.8) is 0 Å². The molecule has 180 valence electrons. The van der Waals surface area contributed by atoms with Gasteiger partial charge in [0.25, 0.3) is 11.5 Å². The molecule has 35 heavy (non-hydrogen) atoms. The molecule has 0 N–H and O–H groups in total. The molecule has 0 unspecified atom stereocenters. The van der Waals surface area contributed by atoms with Gasteiger partial charge in [-0.1, -0.05) is 48.9 Å². The van der Waals surface area contributed by atoms with Crippen molar-refractivity contribution in [2.45, 2.75) is 27.7 Å². The van der Waals surface area contributed by atoms with Crippen molar-refractivity contribution in [1.29, 1.82) is 5.26 Å². The lowest BCUT2D eigenvalue weighted by Gasteiger charge is -2.33. The Morgan fingerprint density at radius 3 is 2.40 bits per heavy atom. The smallest absolute Gasteiger partial charge is 0.273 e.